The van der Waals surface area contributed by atoms with Crippen LogP contribution in [0.4, 0.5) is 0 Å². The quantitative estimate of drug-likeness (QED) is 0.447. The molecule has 16 heavy (non-hydrogen) atoms. The lowest BCUT2D eigenvalue weighted by Crippen LogP contribution is -2.29. The van der Waals surface area contributed by atoms with E-state index >= 15 is 0 Å². The molecule has 5 heteroatoms. The van der Waals surface area contributed by atoms with Crippen LogP contribution in [0.1, 0.15) is 36.6 Å². The zero-order valence-electron chi connectivity index (χ0n) is 9.99. The highest BCUT2D eigenvalue weighted by atomic mass is 16.4. The molecule has 0 aliphatic carbocycles. The first-order chi connectivity index (χ1) is 7.58. The summed E-state index contributed by atoms with van der Waals surface area (Å²) in [5, 5.41) is 0. The molecule has 3 N–H and O–H groups in total. The SMILES string of the molecule is CCC(C)N(C)Cc1ccc(C(=O)NN)o1. The molecule has 1 amide bonds. The Balaban J connectivity index is 2.61. The highest BCUT2D eigenvalue weighted by Gasteiger charge is 2.12. The van der Waals surface area contributed by atoms with Crippen molar-refractivity contribution in [1.29, 1.82) is 0 Å². The van der Waals surface area contributed by atoms with Crippen LogP contribution in [0.5, 0.6) is 0 Å². The normalized spacial score (nSPS) is 12.8. The van der Waals surface area contributed by atoms with Crippen molar-refractivity contribution < 1.29 is 9.21 Å². The van der Waals surface area contributed by atoms with Gasteiger partial charge in [-0.15, -0.1) is 0 Å². The van der Waals surface area contributed by atoms with Crippen molar-refractivity contribution in [2.45, 2.75) is 32.9 Å². The molecule has 5 nitrogen and oxygen atoms in total. The van der Waals surface area contributed by atoms with Crippen LogP contribution >= 0.6 is 0 Å². The molecule has 0 aliphatic rings. The summed E-state index contributed by atoms with van der Waals surface area (Å²) >= 11 is 0. The molecule has 0 radical (unpaired) electrons. The maximum Gasteiger partial charge on any atom is 0.300 e. The fourth-order valence-electron chi connectivity index (χ4n) is 1.37. The molecule has 0 aliphatic heterocycles. The molecule has 0 fully saturated rings. The van der Waals surface area contributed by atoms with Gasteiger partial charge in [-0.1, -0.05) is 6.92 Å². The molecule has 0 bridgehead atoms. The molecule has 90 valence electrons. The van der Waals surface area contributed by atoms with Crippen LogP contribution in [0.2, 0.25) is 0 Å². The summed E-state index contributed by atoms with van der Waals surface area (Å²) in [4.78, 5) is 13.3. The van der Waals surface area contributed by atoms with Gasteiger partial charge in [0.1, 0.15) is 5.76 Å². The first kappa shape index (κ1) is 12.7. The predicted molar refractivity (Wildman–Crippen MR) is 61.6 cm³/mol. The van der Waals surface area contributed by atoms with E-state index in [0.717, 1.165) is 12.2 Å². The Bertz CT molecular complexity index is 349. The molecule has 1 heterocycles. The van der Waals surface area contributed by atoms with Gasteiger partial charge in [-0.3, -0.25) is 15.1 Å². The number of amides is 1. The Hall–Kier alpha value is -1.33. The highest BCUT2D eigenvalue weighted by molar-refractivity contribution is 5.90. The number of carbonyl (C=O) groups excluding carboxylic acids is 1. The number of carbonyl (C=O) groups is 1. The topological polar surface area (TPSA) is 71.5 Å². The average molecular weight is 225 g/mol. The maximum atomic E-state index is 11.2. The van der Waals surface area contributed by atoms with Crippen LogP contribution in [0.25, 0.3) is 0 Å². The van der Waals surface area contributed by atoms with Crippen molar-refractivity contribution in [2.75, 3.05) is 7.05 Å². The Morgan fingerprint density at radius 1 is 1.62 bits per heavy atom. The fraction of sp³-hybridized carbons (Fsp3) is 0.545. The Morgan fingerprint density at radius 3 is 2.88 bits per heavy atom. The number of rotatable bonds is 5. The van der Waals surface area contributed by atoms with E-state index < -0.39 is 5.91 Å². The van der Waals surface area contributed by atoms with Gasteiger partial charge < -0.3 is 4.42 Å². The van der Waals surface area contributed by atoms with Gasteiger partial charge in [-0.25, -0.2) is 5.84 Å². The van der Waals surface area contributed by atoms with E-state index in [9.17, 15) is 4.79 Å². The van der Waals surface area contributed by atoms with E-state index in [-0.39, 0.29) is 5.76 Å². The smallest absolute Gasteiger partial charge is 0.300 e. The molecular formula is C11H19N3O2. The van der Waals surface area contributed by atoms with E-state index in [1.165, 1.54) is 0 Å². The second kappa shape index (κ2) is 5.67. The number of hydrogen-bond acceptors (Lipinski definition) is 4. The molecule has 0 aromatic carbocycles. The lowest BCUT2D eigenvalue weighted by atomic mass is 10.2. The first-order valence-corrected chi connectivity index (χ1v) is 5.38. The summed E-state index contributed by atoms with van der Waals surface area (Å²) < 4.78 is 5.37. The van der Waals surface area contributed by atoms with Gasteiger partial charge in [-0.2, -0.15) is 0 Å². The number of hydrogen-bond donors (Lipinski definition) is 2. The summed E-state index contributed by atoms with van der Waals surface area (Å²) in [7, 11) is 2.03. The van der Waals surface area contributed by atoms with Crippen LogP contribution in [-0.2, 0) is 6.54 Å². The van der Waals surface area contributed by atoms with Gasteiger partial charge >= 0.3 is 5.91 Å². The van der Waals surface area contributed by atoms with Gasteiger partial charge in [0.25, 0.3) is 0 Å². The fourth-order valence-corrected chi connectivity index (χ4v) is 1.37. The average Bonchev–Trinajstić information content (AvgIpc) is 2.75. The van der Waals surface area contributed by atoms with E-state index in [1.54, 1.807) is 12.1 Å². The minimum atomic E-state index is -0.405. The second-order valence-corrected chi connectivity index (χ2v) is 3.91. The Kier molecular flexibility index (Phi) is 4.52. The third-order valence-corrected chi connectivity index (χ3v) is 2.77. The van der Waals surface area contributed by atoms with Crippen molar-refractivity contribution in [3.05, 3.63) is 23.7 Å². The molecular weight excluding hydrogens is 206 g/mol. The Labute approximate surface area is 95.6 Å². The third kappa shape index (κ3) is 3.08. The monoisotopic (exact) mass is 225 g/mol. The van der Waals surface area contributed by atoms with Crippen LogP contribution in [0.3, 0.4) is 0 Å². The third-order valence-electron chi connectivity index (χ3n) is 2.77. The number of nitrogens with zero attached hydrogens (tertiary/aromatic N) is 1. The number of furan rings is 1. The standard InChI is InChI=1S/C11H19N3O2/c1-4-8(2)14(3)7-9-5-6-10(16-9)11(15)13-12/h5-6,8H,4,7,12H2,1-3H3,(H,13,15). The molecule has 1 aromatic heterocycles. The summed E-state index contributed by atoms with van der Waals surface area (Å²) in [5.74, 6) is 5.62. The summed E-state index contributed by atoms with van der Waals surface area (Å²) in [6, 6.07) is 3.91. The van der Waals surface area contributed by atoms with Crippen LogP contribution in [0.15, 0.2) is 16.5 Å². The van der Waals surface area contributed by atoms with E-state index in [2.05, 4.69) is 18.7 Å². The van der Waals surface area contributed by atoms with Crippen molar-refractivity contribution in [3.8, 4) is 0 Å². The number of nitrogens with one attached hydrogen (secondary N) is 1. The lowest BCUT2D eigenvalue weighted by Gasteiger charge is -2.21. The molecule has 0 saturated carbocycles. The summed E-state index contributed by atoms with van der Waals surface area (Å²) in [5.41, 5.74) is 2.04. The predicted octanol–water partition coefficient (Wildman–Crippen LogP) is 1.11. The molecule has 1 unspecified atom stereocenters. The van der Waals surface area contributed by atoms with Gasteiger partial charge in [-0.05, 0) is 32.5 Å². The maximum absolute atomic E-state index is 11.2. The van der Waals surface area contributed by atoms with Crippen molar-refractivity contribution in [1.82, 2.24) is 10.3 Å². The lowest BCUT2D eigenvalue weighted by molar-refractivity contribution is 0.0921. The number of nitrogen functional groups attached to an aromatic ring is 1. The van der Waals surface area contributed by atoms with Gasteiger partial charge in [0, 0.05) is 6.04 Å². The number of hydrazine groups is 1. The van der Waals surface area contributed by atoms with E-state index in [1.807, 2.05) is 12.5 Å². The zero-order valence-corrected chi connectivity index (χ0v) is 9.99. The summed E-state index contributed by atoms with van der Waals surface area (Å²) in [6.07, 6.45) is 1.08. The van der Waals surface area contributed by atoms with Crippen LogP contribution in [-0.4, -0.2) is 23.9 Å². The van der Waals surface area contributed by atoms with Gasteiger partial charge in [0.2, 0.25) is 0 Å². The molecule has 1 atom stereocenters. The van der Waals surface area contributed by atoms with Crippen molar-refractivity contribution >= 4 is 5.91 Å². The highest BCUT2D eigenvalue weighted by Crippen LogP contribution is 2.12. The van der Waals surface area contributed by atoms with Crippen molar-refractivity contribution in [3.63, 3.8) is 0 Å². The van der Waals surface area contributed by atoms with Gasteiger partial charge in [0.05, 0.1) is 6.54 Å². The molecule has 1 aromatic rings. The zero-order chi connectivity index (χ0) is 12.1. The van der Waals surface area contributed by atoms with E-state index in [0.29, 0.717) is 12.6 Å². The Morgan fingerprint density at radius 2 is 2.31 bits per heavy atom. The summed E-state index contributed by atoms with van der Waals surface area (Å²) in [6.45, 7) is 4.97. The molecule has 0 saturated heterocycles. The second-order valence-electron chi connectivity index (χ2n) is 3.91. The van der Waals surface area contributed by atoms with Crippen LogP contribution < -0.4 is 11.3 Å². The van der Waals surface area contributed by atoms with Crippen molar-refractivity contribution in [2.24, 2.45) is 5.84 Å². The van der Waals surface area contributed by atoms with Gasteiger partial charge in [0.15, 0.2) is 5.76 Å². The number of nitrogens with two attached hydrogens (primary N) is 1. The largest absolute Gasteiger partial charge is 0.455 e. The van der Waals surface area contributed by atoms with E-state index in [4.69, 9.17) is 10.3 Å². The minimum Gasteiger partial charge on any atom is -0.455 e. The van der Waals surface area contributed by atoms with Crippen LogP contribution in [0, 0.1) is 0 Å². The molecule has 0 spiro atoms. The minimum absolute atomic E-state index is 0.245. The first-order valence-electron chi connectivity index (χ1n) is 5.38. The molecule has 1 rings (SSSR count).